The number of nitrogens with zero attached hydrogens (tertiary/aromatic N) is 1. The third-order valence-corrected chi connectivity index (χ3v) is 6.26. The normalized spacial score (nSPS) is 21.0. The minimum Gasteiger partial charge on any atom is -0.391 e. The van der Waals surface area contributed by atoms with E-state index in [2.05, 4.69) is 17.3 Å². The third kappa shape index (κ3) is 2.84. The minimum absolute atomic E-state index is 0.0215. The molecule has 1 amide bonds. The third-order valence-electron chi connectivity index (χ3n) is 4.64. The van der Waals surface area contributed by atoms with E-state index in [9.17, 15) is 4.79 Å². The molecule has 1 aromatic rings. The number of likely N-dealkylation sites (tertiary alicyclic amines) is 1. The maximum atomic E-state index is 12.6. The molecule has 2 heterocycles. The number of amides is 1. The molecule has 1 saturated heterocycles. The van der Waals surface area contributed by atoms with Crippen molar-refractivity contribution in [3.8, 4) is 0 Å². The molecule has 4 nitrogen and oxygen atoms in total. The Hall–Kier alpha value is -0.980. The molecule has 0 atom stereocenters. The summed E-state index contributed by atoms with van der Waals surface area (Å²) in [4.78, 5) is 17.4. The van der Waals surface area contributed by atoms with Gasteiger partial charge in [-0.1, -0.05) is 12.2 Å². The number of aryl methyl sites for hydroxylation is 2. The van der Waals surface area contributed by atoms with E-state index in [1.165, 1.54) is 16.9 Å². The lowest BCUT2D eigenvalue weighted by Crippen LogP contribution is -2.61. The van der Waals surface area contributed by atoms with Gasteiger partial charge in [-0.25, -0.2) is 0 Å². The van der Waals surface area contributed by atoms with Crippen LogP contribution in [0.15, 0.2) is 6.07 Å². The van der Waals surface area contributed by atoms with Crippen molar-refractivity contribution in [1.29, 1.82) is 0 Å². The lowest BCUT2D eigenvalue weighted by atomic mass is 9.87. The van der Waals surface area contributed by atoms with Crippen molar-refractivity contribution in [3.63, 3.8) is 0 Å². The van der Waals surface area contributed by atoms with Gasteiger partial charge < -0.3 is 16.0 Å². The summed E-state index contributed by atoms with van der Waals surface area (Å²) in [6, 6.07) is 2.05. The number of carbonyl (C=O) groups excluding carboxylic acids is 1. The Morgan fingerprint density at radius 3 is 2.76 bits per heavy atom. The van der Waals surface area contributed by atoms with Gasteiger partial charge in [-0.3, -0.25) is 4.79 Å². The van der Waals surface area contributed by atoms with Crippen molar-refractivity contribution in [2.24, 2.45) is 5.73 Å². The zero-order valence-electron chi connectivity index (χ0n) is 12.3. The number of nitrogens with one attached hydrogen (secondary N) is 1. The van der Waals surface area contributed by atoms with Gasteiger partial charge in [0.15, 0.2) is 0 Å². The SMILES string of the molecule is CN1CCC(NC(=O)c2cc3c(s2)CCC3)(C(N)=S)CC1. The van der Waals surface area contributed by atoms with E-state index in [1.54, 1.807) is 11.3 Å². The van der Waals surface area contributed by atoms with Crippen LogP contribution in [-0.4, -0.2) is 41.5 Å². The Morgan fingerprint density at radius 2 is 2.14 bits per heavy atom. The highest BCUT2D eigenvalue weighted by Crippen LogP contribution is 2.31. The Labute approximate surface area is 134 Å². The number of thiophene rings is 1. The van der Waals surface area contributed by atoms with Crippen molar-refractivity contribution in [3.05, 3.63) is 21.4 Å². The number of nitrogens with two attached hydrogens (primary N) is 1. The van der Waals surface area contributed by atoms with Crippen LogP contribution in [-0.2, 0) is 12.8 Å². The van der Waals surface area contributed by atoms with E-state index < -0.39 is 5.54 Å². The zero-order valence-corrected chi connectivity index (χ0v) is 13.9. The zero-order chi connectivity index (χ0) is 15.0. The van der Waals surface area contributed by atoms with Crippen molar-refractivity contribution < 1.29 is 4.79 Å². The molecular formula is C15H21N3OS2. The quantitative estimate of drug-likeness (QED) is 0.832. The van der Waals surface area contributed by atoms with Crippen LogP contribution in [0.4, 0.5) is 0 Å². The van der Waals surface area contributed by atoms with Gasteiger partial charge in [0.25, 0.3) is 5.91 Å². The molecule has 1 aromatic heterocycles. The first-order valence-electron chi connectivity index (χ1n) is 7.43. The lowest BCUT2D eigenvalue weighted by molar-refractivity contribution is 0.0894. The van der Waals surface area contributed by atoms with Gasteiger partial charge in [-0.05, 0) is 50.8 Å². The van der Waals surface area contributed by atoms with Crippen LogP contribution in [0.3, 0.4) is 0 Å². The Bertz CT molecular complexity index is 552. The first-order valence-corrected chi connectivity index (χ1v) is 8.65. The second kappa shape index (κ2) is 5.66. The first kappa shape index (κ1) is 14.9. The summed E-state index contributed by atoms with van der Waals surface area (Å²) < 4.78 is 0. The van der Waals surface area contributed by atoms with Crippen LogP contribution in [0.5, 0.6) is 0 Å². The van der Waals surface area contributed by atoms with E-state index in [1.807, 2.05) is 6.07 Å². The Kier molecular flexibility index (Phi) is 4.03. The van der Waals surface area contributed by atoms with E-state index in [-0.39, 0.29) is 5.91 Å². The predicted octanol–water partition coefficient (Wildman–Crippen LogP) is 1.72. The summed E-state index contributed by atoms with van der Waals surface area (Å²) in [5.74, 6) is -0.0215. The Balaban J connectivity index is 1.76. The van der Waals surface area contributed by atoms with Gasteiger partial charge in [0.05, 0.1) is 15.4 Å². The minimum atomic E-state index is -0.520. The van der Waals surface area contributed by atoms with E-state index in [4.69, 9.17) is 18.0 Å². The molecule has 21 heavy (non-hydrogen) atoms. The summed E-state index contributed by atoms with van der Waals surface area (Å²) in [5, 5.41) is 3.14. The molecule has 3 N–H and O–H groups in total. The molecule has 114 valence electrons. The fraction of sp³-hybridized carbons (Fsp3) is 0.600. The molecule has 6 heteroatoms. The number of fused-ring (bicyclic) bond motifs is 1. The molecule has 0 radical (unpaired) electrons. The largest absolute Gasteiger partial charge is 0.391 e. The fourth-order valence-corrected chi connectivity index (χ4v) is 4.56. The second-order valence-electron chi connectivity index (χ2n) is 6.12. The van der Waals surface area contributed by atoms with Gasteiger partial charge in [0.1, 0.15) is 0 Å². The average Bonchev–Trinajstić information content (AvgIpc) is 3.02. The fourth-order valence-electron chi connectivity index (χ4n) is 3.15. The average molecular weight is 323 g/mol. The number of hydrogen-bond donors (Lipinski definition) is 2. The van der Waals surface area contributed by atoms with Gasteiger partial charge in [0.2, 0.25) is 0 Å². The molecule has 1 aliphatic heterocycles. The first-order chi connectivity index (χ1) is 10.00. The number of carbonyl (C=O) groups is 1. The Morgan fingerprint density at radius 1 is 1.43 bits per heavy atom. The van der Waals surface area contributed by atoms with Crippen LogP contribution in [0.1, 0.15) is 39.4 Å². The molecule has 0 saturated carbocycles. The van der Waals surface area contributed by atoms with E-state index in [0.717, 1.165) is 43.6 Å². The molecule has 0 spiro atoms. The standard InChI is InChI=1S/C15H21N3OS2/c1-18-7-5-15(6-8-18,14(16)20)17-13(19)12-9-10-3-2-4-11(10)21-12/h9H,2-8H2,1H3,(H2,16,20)(H,17,19). The highest BCUT2D eigenvalue weighted by atomic mass is 32.1. The topological polar surface area (TPSA) is 58.4 Å². The second-order valence-corrected chi connectivity index (χ2v) is 7.69. The van der Waals surface area contributed by atoms with Crippen molar-refractivity contribution in [2.75, 3.05) is 20.1 Å². The molecule has 3 rings (SSSR count). The van der Waals surface area contributed by atoms with E-state index >= 15 is 0 Å². The van der Waals surface area contributed by atoms with E-state index in [0.29, 0.717) is 4.99 Å². The maximum Gasteiger partial charge on any atom is 0.262 e. The summed E-state index contributed by atoms with van der Waals surface area (Å²) in [7, 11) is 2.08. The van der Waals surface area contributed by atoms with Gasteiger partial charge in [-0.15, -0.1) is 11.3 Å². The van der Waals surface area contributed by atoms with Gasteiger partial charge >= 0.3 is 0 Å². The smallest absolute Gasteiger partial charge is 0.262 e. The van der Waals surface area contributed by atoms with Crippen LogP contribution in [0.25, 0.3) is 0 Å². The van der Waals surface area contributed by atoms with Gasteiger partial charge in [0, 0.05) is 18.0 Å². The number of hydrogen-bond acceptors (Lipinski definition) is 4. The maximum absolute atomic E-state index is 12.6. The van der Waals surface area contributed by atoms with Crippen LogP contribution in [0.2, 0.25) is 0 Å². The van der Waals surface area contributed by atoms with Crippen molar-refractivity contribution in [2.45, 2.75) is 37.6 Å². The molecular weight excluding hydrogens is 302 g/mol. The molecule has 2 aliphatic rings. The monoisotopic (exact) mass is 323 g/mol. The summed E-state index contributed by atoms with van der Waals surface area (Å²) in [6.07, 6.45) is 5.00. The van der Waals surface area contributed by atoms with Crippen LogP contribution in [0, 0.1) is 0 Å². The molecule has 1 aliphatic carbocycles. The molecule has 0 bridgehead atoms. The number of thiocarbonyl (C=S) groups is 1. The van der Waals surface area contributed by atoms with Crippen molar-refractivity contribution >= 4 is 34.5 Å². The molecule has 0 aromatic carbocycles. The number of rotatable bonds is 3. The summed E-state index contributed by atoms with van der Waals surface area (Å²) in [5.41, 5.74) is 6.77. The molecule has 0 unspecified atom stereocenters. The molecule has 1 fully saturated rings. The number of piperidine rings is 1. The van der Waals surface area contributed by atoms with Crippen LogP contribution < -0.4 is 11.1 Å². The van der Waals surface area contributed by atoms with Gasteiger partial charge in [-0.2, -0.15) is 0 Å². The predicted molar refractivity (Wildman–Crippen MR) is 90.1 cm³/mol. The van der Waals surface area contributed by atoms with Crippen LogP contribution >= 0.6 is 23.6 Å². The van der Waals surface area contributed by atoms with Crippen molar-refractivity contribution in [1.82, 2.24) is 10.2 Å². The highest BCUT2D eigenvalue weighted by Gasteiger charge is 2.38. The summed E-state index contributed by atoms with van der Waals surface area (Å²) in [6.45, 7) is 1.80. The highest BCUT2D eigenvalue weighted by molar-refractivity contribution is 7.80. The summed E-state index contributed by atoms with van der Waals surface area (Å²) >= 11 is 6.87. The lowest BCUT2D eigenvalue weighted by Gasteiger charge is -2.40.